The van der Waals surface area contributed by atoms with Crippen LogP contribution in [0.2, 0.25) is 0 Å². The lowest BCUT2D eigenvalue weighted by Crippen LogP contribution is -1.91. The summed E-state index contributed by atoms with van der Waals surface area (Å²) in [5.41, 5.74) is 0. The van der Waals surface area contributed by atoms with Gasteiger partial charge in [0.2, 0.25) is 0 Å². The molecule has 1 rings (SSSR count). The third-order valence-corrected chi connectivity index (χ3v) is 1.21. The number of hydrogen-bond acceptors (Lipinski definition) is 3. The standard InChI is InChI=1S/C7H9NO2/c1-6(9)2-3-7-4-8-5-10-7/h4-5H,2-3H2,1H3. The largest absolute Gasteiger partial charge is 0.449 e. The highest BCUT2D eigenvalue weighted by Gasteiger charge is 1.97. The molecule has 0 aliphatic heterocycles. The van der Waals surface area contributed by atoms with Gasteiger partial charge in [0.1, 0.15) is 11.5 Å². The summed E-state index contributed by atoms with van der Waals surface area (Å²) in [5, 5.41) is 0. The van der Waals surface area contributed by atoms with Crippen LogP contribution in [-0.2, 0) is 11.2 Å². The topological polar surface area (TPSA) is 43.1 Å². The quantitative estimate of drug-likeness (QED) is 0.631. The Bertz CT molecular complexity index is 203. The van der Waals surface area contributed by atoms with Crippen molar-refractivity contribution in [2.24, 2.45) is 0 Å². The van der Waals surface area contributed by atoms with Crippen LogP contribution in [0.25, 0.3) is 0 Å². The van der Waals surface area contributed by atoms with E-state index in [4.69, 9.17) is 4.42 Å². The van der Waals surface area contributed by atoms with E-state index in [2.05, 4.69) is 4.98 Å². The Balaban J connectivity index is 2.35. The number of carbonyl (C=O) groups excluding carboxylic acids is 1. The predicted molar refractivity (Wildman–Crippen MR) is 35.5 cm³/mol. The van der Waals surface area contributed by atoms with Crippen molar-refractivity contribution in [2.75, 3.05) is 0 Å². The van der Waals surface area contributed by atoms with Crippen molar-refractivity contribution >= 4 is 5.78 Å². The van der Waals surface area contributed by atoms with Gasteiger partial charge in [-0.05, 0) is 6.92 Å². The summed E-state index contributed by atoms with van der Waals surface area (Å²) in [6, 6.07) is 0. The molecule has 3 nitrogen and oxygen atoms in total. The minimum absolute atomic E-state index is 0.177. The van der Waals surface area contributed by atoms with Crippen LogP contribution in [0.5, 0.6) is 0 Å². The molecule has 3 heteroatoms. The maximum atomic E-state index is 10.5. The maximum absolute atomic E-state index is 10.5. The zero-order chi connectivity index (χ0) is 7.40. The molecule has 0 aliphatic carbocycles. The first-order chi connectivity index (χ1) is 4.79. The Hall–Kier alpha value is -1.12. The number of Topliss-reactive ketones (excluding diaryl/α,β-unsaturated/α-hetero) is 1. The fourth-order valence-corrected chi connectivity index (χ4v) is 0.665. The molecule has 0 atom stereocenters. The van der Waals surface area contributed by atoms with E-state index < -0.39 is 0 Å². The first-order valence-corrected chi connectivity index (χ1v) is 3.16. The Morgan fingerprint density at radius 2 is 2.60 bits per heavy atom. The lowest BCUT2D eigenvalue weighted by Gasteiger charge is -1.89. The minimum atomic E-state index is 0.177. The number of oxazole rings is 1. The van der Waals surface area contributed by atoms with E-state index in [0.717, 1.165) is 5.76 Å². The van der Waals surface area contributed by atoms with E-state index >= 15 is 0 Å². The lowest BCUT2D eigenvalue weighted by molar-refractivity contribution is -0.117. The summed E-state index contributed by atoms with van der Waals surface area (Å²) in [6.45, 7) is 1.57. The van der Waals surface area contributed by atoms with Crippen molar-refractivity contribution in [1.29, 1.82) is 0 Å². The van der Waals surface area contributed by atoms with E-state index in [1.807, 2.05) is 0 Å². The molecule has 0 unspecified atom stereocenters. The summed E-state index contributed by atoms with van der Waals surface area (Å²) in [7, 11) is 0. The second-order valence-corrected chi connectivity index (χ2v) is 2.17. The Kier molecular flexibility index (Phi) is 2.20. The zero-order valence-electron chi connectivity index (χ0n) is 5.83. The van der Waals surface area contributed by atoms with Crippen LogP contribution in [0.4, 0.5) is 0 Å². The molecule has 1 aromatic heterocycles. The molecule has 0 aliphatic rings. The average molecular weight is 139 g/mol. The Labute approximate surface area is 59.1 Å². The van der Waals surface area contributed by atoms with Crippen molar-refractivity contribution in [2.45, 2.75) is 19.8 Å². The molecule has 1 heterocycles. The molecular weight excluding hydrogens is 130 g/mol. The molecule has 0 saturated carbocycles. The number of carbonyl (C=O) groups is 1. The molecule has 0 amide bonds. The van der Waals surface area contributed by atoms with Crippen molar-refractivity contribution in [3.05, 3.63) is 18.4 Å². The highest BCUT2D eigenvalue weighted by molar-refractivity contribution is 5.75. The number of ketones is 1. The fourth-order valence-electron chi connectivity index (χ4n) is 0.665. The van der Waals surface area contributed by atoms with E-state index in [1.54, 1.807) is 13.1 Å². The van der Waals surface area contributed by atoms with E-state index in [1.165, 1.54) is 6.39 Å². The SMILES string of the molecule is CC(=O)CCc1cnco1. The van der Waals surface area contributed by atoms with E-state index in [9.17, 15) is 4.79 Å². The van der Waals surface area contributed by atoms with Gasteiger partial charge in [0, 0.05) is 12.8 Å². The van der Waals surface area contributed by atoms with Gasteiger partial charge in [0.25, 0.3) is 0 Å². The molecule has 10 heavy (non-hydrogen) atoms. The van der Waals surface area contributed by atoms with Gasteiger partial charge in [-0.25, -0.2) is 4.98 Å². The summed E-state index contributed by atoms with van der Waals surface area (Å²) in [5.74, 6) is 0.951. The lowest BCUT2D eigenvalue weighted by atomic mass is 10.2. The predicted octanol–water partition coefficient (Wildman–Crippen LogP) is 1.20. The summed E-state index contributed by atoms with van der Waals surface area (Å²) in [4.78, 5) is 14.2. The van der Waals surface area contributed by atoms with Crippen LogP contribution in [0.1, 0.15) is 19.1 Å². The van der Waals surface area contributed by atoms with Crippen LogP contribution in [0, 0.1) is 0 Å². The van der Waals surface area contributed by atoms with Gasteiger partial charge >= 0.3 is 0 Å². The number of aromatic nitrogens is 1. The van der Waals surface area contributed by atoms with E-state index in [-0.39, 0.29) is 5.78 Å². The van der Waals surface area contributed by atoms with Crippen LogP contribution in [-0.4, -0.2) is 10.8 Å². The van der Waals surface area contributed by atoms with Crippen LogP contribution < -0.4 is 0 Å². The molecule has 0 radical (unpaired) electrons. The first-order valence-electron chi connectivity index (χ1n) is 3.16. The Morgan fingerprint density at radius 1 is 1.80 bits per heavy atom. The van der Waals surface area contributed by atoms with E-state index in [0.29, 0.717) is 12.8 Å². The molecule has 0 bridgehead atoms. The molecule has 0 N–H and O–H groups in total. The molecular formula is C7H9NO2. The molecule has 0 spiro atoms. The molecule has 0 fully saturated rings. The number of hydrogen-bond donors (Lipinski definition) is 0. The van der Waals surface area contributed by atoms with Crippen molar-refractivity contribution in [3.8, 4) is 0 Å². The minimum Gasteiger partial charge on any atom is -0.449 e. The van der Waals surface area contributed by atoms with Crippen molar-refractivity contribution in [1.82, 2.24) is 4.98 Å². The third kappa shape index (κ3) is 2.01. The van der Waals surface area contributed by atoms with Crippen molar-refractivity contribution < 1.29 is 9.21 Å². The van der Waals surface area contributed by atoms with Crippen LogP contribution in [0.15, 0.2) is 17.0 Å². The number of nitrogens with zero attached hydrogens (tertiary/aromatic N) is 1. The summed E-state index contributed by atoms with van der Waals surface area (Å²) in [6.07, 6.45) is 4.20. The van der Waals surface area contributed by atoms with Gasteiger partial charge in [-0.2, -0.15) is 0 Å². The van der Waals surface area contributed by atoms with Gasteiger partial charge in [0.05, 0.1) is 6.20 Å². The first kappa shape index (κ1) is 6.99. The fraction of sp³-hybridized carbons (Fsp3) is 0.429. The molecule has 54 valence electrons. The summed E-state index contributed by atoms with van der Waals surface area (Å²) >= 11 is 0. The van der Waals surface area contributed by atoms with Crippen molar-refractivity contribution in [3.63, 3.8) is 0 Å². The number of aryl methyl sites for hydroxylation is 1. The highest BCUT2D eigenvalue weighted by Crippen LogP contribution is 2.00. The highest BCUT2D eigenvalue weighted by atomic mass is 16.3. The average Bonchev–Trinajstić information content (AvgIpc) is 2.34. The molecule has 1 aromatic rings. The maximum Gasteiger partial charge on any atom is 0.180 e. The van der Waals surface area contributed by atoms with Gasteiger partial charge in [0.15, 0.2) is 6.39 Å². The Morgan fingerprint density at radius 3 is 3.10 bits per heavy atom. The zero-order valence-corrected chi connectivity index (χ0v) is 5.83. The number of rotatable bonds is 3. The molecule has 0 saturated heterocycles. The monoisotopic (exact) mass is 139 g/mol. The second kappa shape index (κ2) is 3.15. The van der Waals surface area contributed by atoms with Gasteiger partial charge in [-0.15, -0.1) is 0 Å². The smallest absolute Gasteiger partial charge is 0.180 e. The van der Waals surface area contributed by atoms with Crippen LogP contribution >= 0.6 is 0 Å². The van der Waals surface area contributed by atoms with Gasteiger partial charge in [-0.3, -0.25) is 0 Å². The summed E-state index contributed by atoms with van der Waals surface area (Å²) < 4.78 is 4.92. The van der Waals surface area contributed by atoms with Crippen LogP contribution in [0.3, 0.4) is 0 Å². The molecule has 0 aromatic carbocycles. The second-order valence-electron chi connectivity index (χ2n) is 2.17. The van der Waals surface area contributed by atoms with Gasteiger partial charge in [-0.1, -0.05) is 0 Å². The van der Waals surface area contributed by atoms with Gasteiger partial charge < -0.3 is 9.21 Å². The normalized spacial score (nSPS) is 9.70. The third-order valence-electron chi connectivity index (χ3n) is 1.21.